The average Bonchev–Trinajstić information content (AvgIpc) is 3.51. The summed E-state index contributed by atoms with van der Waals surface area (Å²) in [6.07, 6.45) is 2.87. The Morgan fingerprint density at radius 3 is 2.73 bits per heavy atom. The molecule has 5 fully saturated rings. The predicted molar refractivity (Wildman–Crippen MR) is 90.0 cm³/mol. The lowest BCUT2D eigenvalue weighted by Crippen LogP contribution is -2.63. The molecule has 3 heterocycles. The van der Waals surface area contributed by atoms with E-state index in [2.05, 4.69) is 6.92 Å². The van der Waals surface area contributed by atoms with Crippen molar-refractivity contribution in [2.75, 3.05) is 6.61 Å². The van der Waals surface area contributed by atoms with Crippen molar-refractivity contribution in [2.24, 2.45) is 23.2 Å². The van der Waals surface area contributed by atoms with Crippen LogP contribution < -0.4 is 0 Å². The van der Waals surface area contributed by atoms with E-state index in [0.29, 0.717) is 12.2 Å². The van der Waals surface area contributed by atoms with Crippen molar-refractivity contribution < 1.29 is 28.5 Å². The molecule has 6 heteroatoms. The second-order valence-electron chi connectivity index (χ2n) is 8.94. The molecule has 9 atom stereocenters. The van der Waals surface area contributed by atoms with Gasteiger partial charge in [-0.1, -0.05) is 19.9 Å². The summed E-state index contributed by atoms with van der Waals surface area (Å²) in [5, 5.41) is 0. The zero-order chi connectivity index (χ0) is 18.4. The van der Waals surface area contributed by atoms with Crippen molar-refractivity contribution in [1.29, 1.82) is 0 Å². The van der Waals surface area contributed by atoms with Crippen LogP contribution in [-0.4, -0.2) is 48.6 Å². The third-order valence-corrected chi connectivity index (χ3v) is 7.69. The summed E-state index contributed by atoms with van der Waals surface area (Å²) in [4.78, 5) is 24.7. The van der Waals surface area contributed by atoms with Crippen LogP contribution in [0.15, 0.2) is 11.6 Å². The highest BCUT2D eigenvalue weighted by molar-refractivity contribution is 5.87. The maximum absolute atomic E-state index is 12.5. The van der Waals surface area contributed by atoms with Gasteiger partial charge >= 0.3 is 11.9 Å². The van der Waals surface area contributed by atoms with Gasteiger partial charge in [0.1, 0.15) is 30.0 Å². The molecule has 0 aromatic rings. The number of rotatable bonds is 2. The molecule has 0 aromatic heterocycles. The lowest BCUT2D eigenvalue weighted by atomic mass is 9.51. The zero-order valence-corrected chi connectivity index (χ0v) is 15.7. The number of hydrogen-bond acceptors (Lipinski definition) is 6. The van der Waals surface area contributed by atoms with Crippen LogP contribution in [0.2, 0.25) is 0 Å². The molecule has 2 aliphatic carbocycles. The summed E-state index contributed by atoms with van der Waals surface area (Å²) in [5.74, 6) is -0.263. The Morgan fingerprint density at radius 1 is 1.35 bits per heavy atom. The zero-order valence-electron chi connectivity index (χ0n) is 15.7. The third kappa shape index (κ3) is 1.95. The minimum atomic E-state index is -0.369. The lowest BCUT2D eigenvalue weighted by molar-refractivity contribution is -0.182. The number of ether oxygens (including phenoxy) is 4. The molecule has 0 radical (unpaired) electrons. The molecule has 6 nitrogen and oxygen atoms in total. The van der Waals surface area contributed by atoms with Crippen molar-refractivity contribution in [2.45, 2.75) is 70.6 Å². The number of fused-ring (bicyclic) bond motifs is 6. The van der Waals surface area contributed by atoms with Crippen molar-refractivity contribution in [3.8, 4) is 0 Å². The molecule has 142 valence electrons. The van der Waals surface area contributed by atoms with Gasteiger partial charge in [-0.25, -0.2) is 4.79 Å². The van der Waals surface area contributed by atoms with Gasteiger partial charge in [0.25, 0.3) is 0 Å². The molecule has 3 aliphatic heterocycles. The Morgan fingerprint density at radius 2 is 2.08 bits per heavy atom. The molecule has 3 saturated heterocycles. The van der Waals surface area contributed by atoms with E-state index in [0.717, 1.165) is 12.8 Å². The van der Waals surface area contributed by atoms with Crippen LogP contribution in [-0.2, 0) is 28.5 Å². The van der Waals surface area contributed by atoms with Crippen LogP contribution in [0.4, 0.5) is 0 Å². The molecule has 2 saturated carbocycles. The lowest BCUT2D eigenvalue weighted by Gasteiger charge is -2.53. The first-order valence-corrected chi connectivity index (χ1v) is 9.67. The van der Waals surface area contributed by atoms with Crippen LogP contribution in [0.5, 0.6) is 0 Å². The van der Waals surface area contributed by atoms with E-state index in [9.17, 15) is 9.59 Å². The maximum Gasteiger partial charge on any atom is 0.333 e. The number of carbonyl (C=O) groups is 2. The fourth-order valence-corrected chi connectivity index (χ4v) is 5.94. The van der Waals surface area contributed by atoms with E-state index in [1.165, 1.54) is 0 Å². The number of hydrogen-bond donors (Lipinski definition) is 0. The van der Waals surface area contributed by atoms with Gasteiger partial charge < -0.3 is 18.9 Å². The van der Waals surface area contributed by atoms with Crippen molar-refractivity contribution >= 4 is 11.9 Å². The summed E-state index contributed by atoms with van der Waals surface area (Å²) in [7, 11) is 0. The number of esters is 2. The van der Waals surface area contributed by atoms with E-state index in [4.69, 9.17) is 18.9 Å². The summed E-state index contributed by atoms with van der Waals surface area (Å²) in [6, 6.07) is 0. The van der Waals surface area contributed by atoms with E-state index >= 15 is 0 Å². The molecule has 1 spiro atoms. The molecule has 0 amide bonds. The first-order chi connectivity index (χ1) is 12.3. The van der Waals surface area contributed by atoms with Crippen LogP contribution in [0.25, 0.3) is 0 Å². The fourth-order valence-electron chi connectivity index (χ4n) is 5.94. The van der Waals surface area contributed by atoms with Crippen molar-refractivity contribution in [3.63, 3.8) is 0 Å². The van der Waals surface area contributed by atoms with Gasteiger partial charge in [-0.3, -0.25) is 4.79 Å². The minimum Gasteiger partial charge on any atom is -0.461 e. The van der Waals surface area contributed by atoms with Gasteiger partial charge in [0.05, 0.1) is 12.5 Å². The van der Waals surface area contributed by atoms with E-state index < -0.39 is 0 Å². The normalized spacial score (nSPS) is 54.1. The maximum atomic E-state index is 12.5. The highest BCUT2D eigenvalue weighted by Crippen LogP contribution is 2.68. The predicted octanol–water partition coefficient (Wildman–Crippen LogP) is 2.01. The van der Waals surface area contributed by atoms with Crippen LogP contribution in [0.3, 0.4) is 0 Å². The largest absolute Gasteiger partial charge is 0.461 e. The van der Waals surface area contributed by atoms with E-state index in [1.807, 2.05) is 13.8 Å². The van der Waals surface area contributed by atoms with Crippen LogP contribution in [0, 0.1) is 23.2 Å². The van der Waals surface area contributed by atoms with Crippen molar-refractivity contribution in [1.82, 2.24) is 0 Å². The molecule has 5 aliphatic rings. The Bertz CT molecular complexity index is 709. The summed E-state index contributed by atoms with van der Waals surface area (Å²) in [6.45, 7) is 8.35. The molecule has 0 unspecified atom stereocenters. The molecule has 26 heavy (non-hydrogen) atoms. The van der Waals surface area contributed by atoms with Gasteiger partial charge in [0.15, 0.2) is 0 Å². The molecule has 5 rings (SSSR count). The first-order valence-electron chi connectivity index (χ1n) is 9.67. The number of carbonyl (C=O) groups excluding carboxylic acids is 2. The topological polar surface area (TPSA) is 77.7 Å². The Balaban J connectivity index is 1.52. The molecular formula is C20H26O6. The highest BCUT2D eigenvalue weighted by Gasteiger charge is 2.82. The standard InChI is InChI=1S/C20H26O6/c1-5-9(2)17(21)26-15-13-16(24-13)20(8-23-20)14-12-11(6-7-19(14,15)4)10(3)18(22)25-12/h5,10-16H,6-8H2,1-4H3/b9-5-/t10-,11+,12+,13-,14+,15-,16-,19+,20-/m1/s1. The summed E-state index contributed by atoms with van der Waals surface area (Å²) >= 11 is 0. The third-order valence-electron chi connectivity index (χ3n) is 7.69. The summed E-state index contributed by atoms with van der Waals surface area (Å²) < 4.78 is 23.8. The van der Waals surface area contributed by atoms with Crippen molar-refractivity contribution in [3.05, 3.63) is 11.6 Å². The molecule has 0 bridgehead atoms. The van der Waals surface area contributed by atoms with Gasteiger partial charge in [-0.15, -0.1) is 0 Å². The second kappa shape index (κ2) is 5.10. The SMILES string of the molecule is C/C=C(/C)C(=O)O[C@@H]1[C@H]2O[C@H]2[C@@]2(CO2)[C@H]2[C@H]3OC(=O)[C@H](C)[C@@H]3CC[C@]12C. The Labute approximate surface area is 153 Å². The molecule has 0 aromatic carbocycles. The quantitative estimate of drug-likeness (QED) is 0.425. The van der Waals surface area contributed by atoms with Crippen LogP contribution >= 0.6 is 0 Å². The summed E-state index contributed by atoms with van der Waals surface area (Å²) in [5.41, 5.74) is -0.0884. The second-order valence-corrected chi connectivity index (χ2v) is 8.94. The van der Waals surface area contributed by atoms with Gasteiger partial charge in [0, 0.05) is 22.8 Å². The van der Waals surface area contributed by atoms with Gasteiger partial charge in [-0.05, 0) is 26.7 Å². The highest BCUT2D eigenvalue weighted by atomic mass is 16.7. The first kappa shape index (κ1) is 16.8. The fraction of sp³-hybridized carbons (Fsp3) is 0.800. The molecular weight excluding hydrogens is 336 g/mol. The number of epoxide rings is 2. The monoisotopic (exact) mass is 362 g/mol. The Hall–Kier alpha value is -1.40. The van der Waals surface area contributed by atoms with E-state index in [-0.39, 0.29) is 65.1 Å². The van der Waals surface area contributed by atoms with Gasteiger partial charge in [0.2, 0.25) is 0 Å². The minimum absolute atomic E-state index is 0.00936. The van der Waals surface area contributed by atoms with Crippen LogP contribution in [0.1, 0.15) is 40.5 Å². The molecule has 0 N–H and O–H groups in total. The smallest absolute Gasteiger partial charge is 0.333 e. The van der Waals surface area contributed by atoms with E-state index in [1.54, 1.807) is 13.0 Å². The Kier molecular flexibility index (Phi) is 3.29. The average molecular weight is 362 g/mol. The number of allylic oxidation sites excluding steroid dienone is 1. The van der Waals surface area contributed by atoms with Gasteiger partial charge in [-0.2, -0.15) is 0 Å².